The van der Waals surface area contributed by atoms with Gasteiger partial charge in [-0.3, -0.25) is 4.79 Å². The van der Waals surface area contributed by atoms with Gasteiger partial charge in [-0.05, 0) is 25.5 Å². The van der Waals surface area contributed by atoms with Crippen LogP contribution in [0.3, 0.4) is 0 Å². The standard InChI is InChI=1S/C20H32N6O2.HI/c1-4-21-20(25-9-7-24(8-10-25)17(3)27)23-14-18-5-6-19(22-13-18)26-11-12-28-16(2)15-26;/h5-6,13,16H,4,7-12,14-15H2,1-3H3,(H,21,23);1H. The summed E-state index contributed by atoms with van der Waals surface area (Å²) in [6, 6.07) is 4.17. The van der Waals surface area contributed by atoms with Crippen molar-refractivity contribution >= 4 is 41.7 Å². The molecule has 0 bridgehead atoms. The van der Waals surface area contributed by atoms with Crippen molar-refractivity contribution in [2.75, 3.05) is 57.3 Å². The number of rotatable bonds is 4. The zero-order valence-electron chi connectivity index (χ0n) is 17.6. The molecule has 0 aromatic carbocycles. The smallest absolute Gasteiger partial charge is 0.219 e. The van der Waals surface area contributed by atoms with E-state index in [1.165, 1.54) is 0 Å². The number of carbonyl (C=O) groups is 1. The first-order valence-corrected chi connectivity index (χ1v) is 10.2. The minimum Gasteiger partial charge on any atom is -0.375 e. The van der Waals surface area contributed by atoms with Crippen LogP contribution < -0.4 is 10.2 Å². The van der Waals surface area contributed by atoms with Gasteiger partial charge in [0, 0.05) is 58.9 Å². The number of pyridine rings is 1. The van der Waals surface area contributed by atoms with Crippen LogP contribution in [0.2, 0.25) is 0 Å². The molecule has 29 heavy (non-hydrogen) atoms. The molecule has 0 radical (unpaired) electrons. The lowest BCUT2D eigenvalue weighted by Gasteiger charge is -2.36. The fraction of sp³-hybridized carbons (Fsp3) is 0.650. The van der Waals surface area contributed by atoms with E-state index in [0.29, 0.717) is 6.54 Å². The van der Waals surface area contributed by atoms with Crippen LogP contribution in [0.25, 0.3) is 0 Å². The van der Waals surface area contributed by atoms with Crippen LogP contribution in [-0.4, -0.2) is 85.2 Å². The lowest BCUT2D eigenvalue weighted by molar-refractivity contribution is -0.130. The molecule has 0 spiro atoms. The molecular formula is C20H33IN6O2. The zero-order valence-corrected chi connectivity index (χ0v) is 20.0. The maximum absolute atomic E-state index is 11.5. The topological polar surface area (TPSA) is 73.3 Å². The highest BCUT2D eigenvalue weighted by atomic mass is 127. The summed E-state index contributed by atoms with van der Waals surface area (Å²) in [7, 11) is 0. The van der Waals surface area contributed by atoms with Crippen LogP contribution >= 0.6 is 24.0 Å². The van der Waals surface area contributed by atoms with Crippen molar-refractivity contribution in [3.05, 3.63) is 23.9 Å². The lowest BCUT2D eigenvalue weighted by atomic mass is 10.2. The maximum atomic E-state index is 11.5. The summed E-state index contributed by atoms with van der Waals surface area (Å²) in [5, 5.41) is 3.36. The summed E-state index contributed by atoms with van der Waals surface area (Å²) < 4.78 is 5.60. The number of guanidine groups is 1. The second kappa shape index (κ2) is 11.5. The quantitative estimate of drug-likeness (QED) is 0.372. The molecule has 2 aliphatic rings. The number of piperazine rings is 1. The van der Waals surface area contributed by atoms with Crippen molar-refractivity contribution in [1.29, 1.82) is 0 Å². The third-order valence-electron chi connectivity index (χ3n) is 5.15. The van der Waals surface area contributed by atoms with Crippen molar-refractivity contribution in [3.63, 3.8) is 0 Å². The van der Waals surface area contributed by atoms with E-state index in [1.54, 1.807) is 6.92 Å². The van der Waals surface area contributed by atoms with Crippen LogP contribution in [0.15, 0.2) is 23.3 Å². The molecule has 1 N–H and O–H groups in total. The van der Waals surface area contributed by atoms with E-state index >= 15 is 0 Å². The molecule has 162 valence electrons. The van der Waals surface area contributed by atoms with Crippen LogP contribution in [0.1, 0.15) is 26.3 Å². The molecule has 0 saturated carbocycles. The van der Waals surface area contributed by atoms with Crippen molar-refractivity contribution in [3.8, 4) is 0 Å². The van der Waals surface area contributed by atoms with E-state index in [2.05, 4.69) is 46.1 Å². The second-order valence-electron chi connectivity index (χ2n) is 7.32. The maximum Gasteiger partial charge on any atom is 0.219 e. The molecule has 1 aromatic heterocycles. The summed E-state index contributed by atoms with van der Waals surface area (Å²) in [6.45, 7) is 12.8. The largest absolute Gasteiger partial charge is 0.375 e. The highest BCUT2D eigenvalue weighted by Crippen LogP contribution is 2.16. The van der Waals surface area contributed by atoms with Crippen molar-refractivity contribution in [1.82, 2.24) is 20.1 Å². The van der Waals surface area contributed by atoms with E-state index in [9.17, 15) is 4.79 Å². The van der Waals surface area contributed by atoms with Gasteiger partial charge in [-0.25, -0.2) is 9.98 Å². The fourth-order valence-electron chi connectivity index (χ4n) is 3.55. The summed E-state index contributed by atoms with van der Waals surface area (Å²) in [6.07, 6.45) is 2.15. The molecule has 3 heterocycles. The number of hydrogen-bond donors (Lipinski definition) is 1. The molecule has 1 aromatic rings. The predicted octanol–water partition coefficient (Wildman–Crippen LogP) is 1.55. The Morgan fingerprint density at radius 1 is 1.24 bits per heavy atom. The Balaban J connectivity index is 0.00000300. The van der Waals surface area contributed by atoms with E-state index in [0.717, 1.165) is 69.8 Å². The molecule has 2 fully saturated rings. The molecule has 1 atom stereocenters. The number of amides is 1. The monoisotopic (exact) mass is 516 g/mol. The third-order valence-corrected chi connectivity index (χ3v) is 5.15. The van der Waals surface area contributed by atoms with Crippen LogP contribution in [-0.2, 0) is 16.1 Å². The molecule has 3 rings (SSSR count). The van der Waals surface area contributed by atoms with Gasteiger partial charge in [0.05, 0.1) is 19.3 Å². The number of aromatic nitrogens is 1. The van der Waals surface area contributed by atoms with Gasteiger partial charge >= 0.3 is 0 Å². The molecule has 1 amide bonds. The van der Waals surface area contributed by atoms with Crippen molar-refractivity contribution in [2.24, 2.45) is 4.99 Å². The predicted molar refractivity (Wildman–Crippen MR) is 126 cm³/mol. The van der Waals surface area contributed by atoms with Crippen LogP contribution in [0.5, 0.6) is 0 Å². The molecule has 0 aliphatic carbocycles. The Morgan fingerprint density at radius 2 is 1.97 bits per heavy atom. The van der Waals surface area contributed by atoms with Gasteiger partial charge in [-0.2, -0.15) is 0 Å². The first-order chi connectivity index (χ1) is 13.6. The number of nitrogens with zero attached hydrogens (tertiary/aromatic N) is 5. The Hall–Kier alpha value is -1.62. The average Bonchev–Trinajstić information content (AvgIpc) is 2.71. The Morgan fingerprint density at radius 3 is 2.55 bits per heavy atom. The highest BCUT2D eigenvalue weighted by molar-refractivity contribution is 14.0. The molecule has 2 aliphatic heterocycles. The van der Waals surface area contributed by atoms with E-state index < -0.39 is 0 Å². The van der Waals surface area contributed by atoms with Gasteiger partial charge in [-0.15, -0.1) is 24.0 Å². The number of morpholine rings is 1. The number of aliphatic imine (C=N–C) groups is 1. The molecule has 2 saturated heterocycles. The lowest BCUT2D eigenvalue weighted by Crippen LogP contribution is -2.53. The Bertz CT molecular complexity index is 676. The van der Waals surface area contributed by atoms with Gasteiger partial charge in [-0.1, -0.05) is 6.07 Å². The summed E-state index contributed by atoms with van der Waals surface area (Å²) in [5.41, 5.74) is 1.09. The molecule has 1 unspecified atom stereocenters. The number of nitrogens with one attached hydrogen (secondary N) is 1. The third kappa shape index (κ3) is 6.70. The molecule has 8 nitrogen and oxygen atoms in total. The van der Waals surface area contributed by atoms with Gasteiger partial charge < -0.3 is 24.8 Å². The van der Waals surface area contributed by atoms with Gasteiger partial charge in [0.1, 0.15) is 5.82 Å². The fourth-order valence-corrected chi connectivity index (χ4v) is 3.55. The van der Waals surface area contributed by atoms with Gasteiger partial charge in [0.15, 0.2) is 5.96 Å². The van der Waals surface area contributed by atoms with E-state index in [-0.39, 0.29) is 36.0 Å². The minimum absolute atomic E-state index is 0. The summed E-state index contributed by atoms with van der Waals surface area (Å²) >= 11 is 0. The highest BCUT2D eigenvalue weighted by Gasteiger charge is 2.21. The first kappa shape index (κ1) is 23.7. The minimum atomic E-state index is 0. The number of hydrogen-bond acceptors (Lipinski definition) is 5. The van der Waals surface area contributed by atoms with Gasteiger partial charge in [0.2, 0.25) is 5.91 Å². The first-order valence-electron chi connectivity index (χ1n) is 10.2. The average molecular weight is 516 g/mol. The van der Waals surface area contributed by atoms with Crippen molar-refractivity contribution in [2.45, 2.75) is 33.4 Å². The van der Waals surface area contributed by atoms with Gasteiger partial charge in [0.25, 0.3) is 0 Å². The van der Waals surface area contributed by atoms with Crippen molar-refractivity contribution < 1.29 is 9.53 Å². The van der Waals surface area contributed by atoms with Crippen LogP contribution in [0, 0.1) is 0 Å². The zero-order chi connectivity index (χ0) is 19.9. The number of halogens is 1. The Kier molecular flexibility index (Phi) is 9.41. The van der Waals surface area contributed by atoms with E-state index in [1.807, 2.05) is 11.1 Å². The van der Waals surface area contributed by atoms with E-state index in [4.69, 9.17) is 9.73 Å². The normalized spacial score (nSPS) is 20.3. The number of carbonyl (C=O) groups excluding carboxylic acids is 1. The summed E-state index contributed by atoms with van der Waals surface area (Å²) in [5.74, 6) is 2.04. The SMILES string of the molecule is CCNC(=NCc1ccc(N2CCOC(C)C2)nc1)N1CCN(C(C)=O)CC1.I. The number of anilines is 1. The Labute approximate surface area is 190 Å². The number of ether oxygens (including phenoxy) is 1. The second-order valence-corrected chi connectivity index (χ2v) is 7.32. The molecule has 9 heteroatoms. The molecular weight excluding hydrogens is 483 g/mol. The van der Waals surface area contributed by atoms with Crippen LogP contribution in [0.4, 0.5) is 5.82 Å². The summed E-state index contributed by atoms with van der Waals surface area (Å²) in [4.78, 5) is 27.3.